The Bertz CT molecular complexity index is 618. The molecular weight excluding hydrogens is 254 g/mol. The van der Waals surface area contributed by atoms with Gasteiger partial charge < -0.3 is 0 Å². The zero-order valence-corrected chi connectivity index (χ0v) is 10.6. The van der Waals surface area contributed by atoms with Crippen molar-refractivity contribution in [3.05, 3.63) is 46.7 Å². The van der Waals surface area contributed by atoms with Gasteiger partial charge >= 0.3 is 6.55 Å². The van der Waals surface area contributed by atoms with E-state index >= 15 is 0 Å². The van der Waals surface area contributed by atoms with Crippen LogP contribution in [0.25, 0.3) is 0 Å². The summed E-state index contributed by atoms with van der Waals surface area (Å²) in [4.78, 5) is 19.8. The van der Waals surface area contributed by atoms with Gasteiger partial charge in [-0.25, -0.2) is 9.97 Å². The maximum atomic E-state index is 12.7. The van der Waals surface area contributed by atoms with Crippen molar-refractivity contribution >= 4 is 0 Å². The molecule has 0 atom stereocenters. The summed E-state index contributed by atoms with van der Waals surface area (Å²) in [5, 5.41) is 0. The van der Waals surface area contributed by atoms with E-state index in [1.54, 1.807) is 0 Å². The van der Waals surface area contributed by atoms with Crippen LogP contribution in [0.5, 0.6) is 0 Å². The minimum Gasteiger partial charge on any atom is -0.292 e. The molecule has 0 aliphatic carbocycles. The van der Waals surface area contributed by atoms with E-state index in [0.717, 1.165) is 4.57 Å². The van der Waals surface area contributed by atoms with Gasteiger partial charge in [-0.05, 0) is 5.92 Å². The predicted octanol–water partition coefficient (Wildman–Crippen LogP) is 2.01. The highest BCUT2D eigenvalue weighted by atomic mass is 19.3. The van der Waals surface area contributed by atoms with Gasteiger partial charge in [0.05, 0.1) is 18.6 Å². The number of rotatable bonds is 4. The summed E-state index contributed by atoms with van der Waals surface area (Å²) < 4.78 is 27.3. The highest BCUT2D eigenvalue weighted by Crippen LogP contribution is 2.13. The van der Waals surface area contributed by atoms with Gasteiger partial charge in [0.25, 0.3) is 5.56 Å². The molecule has 2 rings (SSSR count). The molecule has 0 N–H and O–H groups in total. The average Bonchev–Trinajstić information content (AvgIpc) is 2.79. The van der Waals surface area contributed by atoms with Crippen molar-refractivity contribution in [1.29, 1.82) is 0 Å². The van der Waals surface area contributed by atoms with Crippen LogP contribution in [0.1, 0.15) is 37.8 Å². The summed E-state index contributed by atoms with van der Waals surface area (Å²) in [5.74, 6) is 0.265. The summed E-state index contributed by atoms with van der Waals surface area (Å²) in [7, 11) is 0. The lowest BCUT2D eigenvalue weighted by Crippen LogP contribution is -2.23. The first-order valence-corrected chi connectivity index (χ1v) is 5.85. The Kier molecular flexibility index (Phi) is 3.73. The second-order valence-electron chi connectivity index (χ2n) is 4.46. The number of hydrogen-bond acceptors (Lipinski definition) is 3. The van der Waals surface area contributed by atoms with E-state index in [-0.39, 0.29) is 23.8 Å². The molecule has 19 heavy (non-hydrogen) atoms. The van der Waals surface area contributed by atoms with Crippen LogP contribution in [0.15, 0.2) is 29.6 Å². The van der Waals surface area contributed by atoms with Gasteiger partial charge in [-0.2, -0.15) is 8.78 Å². The fourth-order valence-corrected chi connectivity index (χ4v) is 1.67. The minimum absolute atomic E-state index is 0.0262. The van der Waals surface area contributed by atoms with Crippen LogP contribution in [0.4, 0.5) is 8.78 Å². The molecule has 0 aromatic carbocycles. The van der Waals surface area contributed by atoms with Crippen molar-refractivity contribution in [2.75, 3.05) is 0 Å². The molecular formula is C12H14F2N4O. The maximum Gasteiger partial charge on any atom is 0.319 e. The molecule has 7 heteroatoms. The molecule has 0 spiro atoms. The van der Waals surface area contributed by atoms with Crippen molar-refractivity contribution in [1.82, 2.24) is 19.1 Å². The molecule has 0 saturated heterocycles. The average molecular weight is 268 g/mol. The van der Waals surface area contributed by atoms with E-state index in [1.807, 2.05) is 13.8 Å². The van der Waals surface area contributed by atoms with Crippen LogP contribution in [-0.4, -0.2) is 19.1 Å². The van der Waals surface area contributed by atoms with Gasteiger partial charge in [-0.15, -0.1) is 0 Å². The Morgan fingerprint density at radius 2 is 2.05 bits per heavy atom. The summed E-state index contributed by atoms with van der Waals surface area (Å²) in [5.41, 5.74) is 0.404. The van der Waals surface area contributed by atoms with Crippen molar-refractivity contribution in [3.63, 3.8) is 0 Å². The van der Waals surface area contributed by atoms with E-state index in [0.29, 0.717) is 5.69 Å². The molecule has 102 valence electrons. The number of halogens is 2. The lowest BCUT2D eigenvalue weighted by atomic mass is 10.1. The van der Waals surface area contributed by atoms with Gasteiger partial charge in [0, 0.05) is 18.5 Å². The van der Waals surface area contributed by atoms with E-state index < -0.39 is 6.55 Å². The number of aromatic nitrogens is 4. The first-order chi connectivity index (χ1) is 8.99. The monoisotopic (exact) mass is 268 g/mol. The second kappa shape index (κ2) is 5.29. The smallest absolute Gasteiger partial charge is 0.292 e. The first kappa shape index (κ1) is 13.4. The zero-order valence-electron chi connectivity index (χ0n) is 10.6. The third-order valence-electron chi connectivity index (χ3n) is 2.76. The van der Waals surface area contributed by atoms with Crippen molar-refractivity contribution < 1.29 is 8.78 Å². The van der Waals surface area contributed by atoms with Crippen molar-refractivity contribution in [2.24, 2.45) is 0 Å². The Hall–Kier alpha value is -2.05. The third kappa shape index (κ3) is 2.86. The standard InChI is InChI=1S/C12H14F2N4O/c1-8(2)9-5-11(19)17(7-16-9)6-10-15-3-4-18(10)12(13)14/h3-5,7-8,12H,6H2,1-2H3. The quantitative estimate of drug-likeness (QED) is 0.852. The van der Waals surface area contributed by atoms with Gasteiger partial charge in [-0.1, -0.05) is 13.8 Å². The number of imidazole rings is 1. The number of alkyl halides is 2. The largest absolute Gasteiger partial charge is 0.319 e. The SMILES string of the molecule is CC(C)c1cc(=O)n(Cc2nccn2C(F)F)cn1. The molecule has 2 heterocycles. The number of nitrogens with zero attached hydrogens (tertiary/aromatic N) is 4. The van der Waals surface area contributed by atoms with Crippen molar-refractivity contribution in [2.45, 2.75) is 32.9 Å². The first-order valence-electron chi connectivity index (χ1n) is 5.85. The third-order valence-corrected chi connectivity index (χ3v) is 2.76. The Morgan fingerprint density at radius 1 is 1.32 bits per heavy atom. The molecule has 0 fully saturated rings. The highest BCUT2D eigenvalue weighted by molar-refractivity contribution is 5.05. The molecule has 2 aromatic heterocycles. The topological polar surface area (TPSA) is 52.7 Å². The summed E-state index contributed by atoms with van der Waals surface area (Å²) >= 11 is 0. The number of hydrogen-bond donors (Lipinski definition) is 0. The molecule has 2 aromatic rings. The molecule has 0 saturated carbocycles. The molecule has 0 aliphatic heterocycles. The molecule has 0 amide bonds. The maximum absolute atomic E-state index is 12.7. The molecule has 5 nitrogen and oxygen atoms in total. The van der Waals surface area contributed by atoms with Gasteiger partial charge in [0.1, 0.15) is 5.82 Å². The molecule has 0 aliphatic rings. The Balaban J connectivity index is 2.29. The molecule has 0 unspecified atom stereocenters. The Labute approximate surface area is 108 Å². The van der Waals surface area contributed by atoms with Crippen LogP contribution in [0, 0.1) is 0 Å². The van der Waals surface area contributed by atoms with Gasteiger partial charge in [-0.3, -0.25) is 13.9 Å². The van der Waals surface area contributed by atoms with Crippen LogP contribution in [-0.2, 0) is 6.54 Å². The summed E-state index contributed by atoms with van der Waals surface area (Å²) in [6.07, 6.45) is 3.82. The molecule has 0 bridgehead atoms. The van der Waals surface area contributed by atoms with Crippen molar-refractivity contribution in [3.8, 4) is 0 Å². The molecule has 0 radical (unpaired) electrons. The zero-order chi connectivity index (χ0) is 14.0. The summed E-state index contributed by atoms with van der Waals surface area (Å²) in [6, 6.07) is 1.42. The van der Waals surface area contributed by atoms with E-state index in [9.17, 15) is 13.6 Å². The van der Waals surface area contributed by atoms with Crippen LogP contribution in [0.3, 0.4) is 0 Å². The minimum atomic E-state index is -2.67. The lowest BCUT2D eigenvalue weighted by Gasteiger charge is -2.09. The van der Waals surface area contributed by atoms with Gasteiger partial charge in [0.2, 0.25) is 0 Å². The Morgan fingerprint density at radius 3 is 2.63 bits per heavy atom. The summed E-state index contributed by atoms with van der Waals surface area (Å²) in [6.45, 7) is 1.16. The van der Waals surface area contributed by atoms with Crippen LogP contribution < -0.4 is 5.56 Å². The van der Waals surface area contributed by atoms with E-state index in [2.05, 4.69) is 9.97 Å². The van der Waals surface area contributed by atoms with Crippen LogP contribution in [0.2, 0.25) is 0 Å². The van der Waals surface area contributed by atoms with Gasteiger partial charge in [0.15, 0.2) is 0 Å². The normalized spacial score (nSPS) is 11.5. The van der Waals surface area contributed by atoms with E-state index in [4.69, 9.17) is 0 Å². The lowest BCUT2D eigenvalue weighted by molar-refractivity contribution is 0.0666. The van der Waals surface area contributed by atoms with Crippen LogP contribution >= 0.6 is 0 Å². The fraction of sp³-hybridized carbons (Fsp3) is 0.417. The van der Waals surface area contributed by atoms with E-state index in [1.165, 1.54) is 29.4 Å². The second-order valence-corrected chi connectivity index (χ2v) is 4.46. The predicted molar refractivity (Wildman–Crippen MR) is 65.2 cm³/mol. The fourth-order valence-electron chi connectivity index (χ4n) is 1.67. The highest BCUT2D eigenvalue weighted by Gasteiger charge is 2.12.